The molecule has 2 aliphatic rings. The Morgan fingerprint density at radius 1 is 1.42 bits per heavy atom. The van der Waals surface area contributed by atoms with Crippen LogP contribution in [0.2, 0.25) is 0 Å². The Labute approximate surface area is 143 Å². The van der Waals surface area contributed by atoms with E-state index in [1.165, 1.54) is 12.7 Å². The van der Waals surface area contributed by atoms with Gasteiger partial charge >= 0.3 is 0 Å². The van der Waals surface area contributed by atoms with Crippen molar-refractivity contribution in [3.8, 4) is 0 Å². The van der Waals surface area contributed by atoms with Crippen molar-refractivity contribution in [2.24, 2.45) is 5.92 Å². The van der Waals surface area contributed by atoms with Crippen molar-refractivity contribution in [2.75, 3.05) is 18.6 Å². The van der Waals surface area contributed by atoms with Crippen molar-refractivity contribution in [1.82, 2.24) is 20.0 Å². The molecule has 1 aliphatic heterocycles. The molecule has 8 heteroatoms. The quantitative estimate of drug-likeness (QED) is 0.806. The highest BCUT2D eigenvalue weighted by molar-refractivity contribution is 7.90. The first-order valence-corrected chi connectivity index (χ1v) is 10.6. The number of nitrogens with one attached hydrogen (secondary N) is 1. The van der Waals surface area contributed by atoms with Crippen LogP contribution in [-0.4, -0.2) is 53.6 Å². The topological polar surface area (TPSA) is 84.3 Å². The number of aromatic nitrogens is 2. The van der Waals surface area contributed by atoms with Gasteiger partial charge in [0.15, 0.2) is 0 Å². The summed E-state index contributed by atoms with van der Waals surface area (Å²) in [4.78, 5) is 14.3. The number of sulfone groups is 1. The normalized spacial score (nSPS) is 19.7. The molecule has 7 nitrogen and oxygen atoms in total. The molecule has 1 amide bonds. The molecule has 0 bridgehead atoms. The third-order valence-electron chi connectivity index (χ3n) is 4.80. The van der Waals surface area contributed by atoms with E-state index in [1.54, 1.807) is 0 Å². The molecule has 0 aromatic carbocycles. The van der Waals surface area contributed by atoms with Crippen molar-refractivity contribution in [1.29, 1.82) is 0 Å². The predicted molar refractivity (Wildman–Crippen MR) is 91.0 cm³/mol. The molecule has 3 rings (SSSR count). The van der Waals surface area contributed by atoms with Gasteiger partial charge in [-0.05, 0) is 25.8 Å². The van der Waals surface area contributed by atoms with E-state index in [0.29, 0.717) is 13.1 Å². The first-order chi connectivity index (χ1) is 11.3. The zero-order valence-electron chi connectivity index (χ0n) is 14.4. The maximum Gasteiger partial charge on any atom is 0.226 e. The zero-order chi connectivity index (χ0) is 17.3. The maximum atomic E-state index is 12.4. The van der Waals surface area contributed by atoms with E-state index in [0.717, 1.165) is 37.3 Å². The van der Waals surface area contributed by atoms with Crippen molar-refractivity contribution in [3.05, 3.63) is 17.5 Å². The summed E-state index contributed by atoms with van der Waals surface area (Å²) in [7, 11) is -2.98. The van der Waals surface area contributed by atoms with Gasteiger partial charge in [-0.1, -0.05) is 6.42 Å². The first-order valence-electron chi connectivity index (χ1n) is 8.57. The number of fused-ring (bicyclic) bond motifs is 1. The molecule has 24 heavy (non-hydrogen) atoms. The molecule has 134 valence electrons. The molecule has 2 heterocycles. The Kier molecular flexibility index (Phi) is 4.96. The summed E-state index contributed by atoms with van der Waals surface area (Å²) in [6.45, 7) is 4.47. The lowest BCUT2D eigenvalue weighted by atomic mass is 9.84. The number of carbonyl (C=O) groups excluding carboxylic acids is 1. The van der Waals surface area contributed by atoms with E-state index in [2.05, 4.69) is 10.4 Å². The average molecular weight is 354 g/mol. The lowest BCUT2D eigenvalue weighted by Crippen LogP contribution is -2.43. The van der Waals surface area contributed by atoms with Crippen LogP contribution in [0.15, 0.2) is 6.07 Å². The molecule has 0 saturated heterocycles. The first kappa shape index (κ1) is 17.4. The highest BCUT2D eigenvalue weighted by Gasteiger charge is 2.31. The molecule has 1 fully saturated rings. The molecule has 0 radical (unpaired) electrons. The predicted octanol–water partition coefficient (Wildman–Crippen LogP) is 0.548. The number of hydrogen-bond acceptors (Lipinski definition) is 5. The Morgan fingerprint density at radius 3 is 2.79 bits per heavy atom. The van der Waals surface area contributed by atoms with E-state index in [4.69, 9.17) is 0 Å². The number of rotatable bonds is 6. The number of carbonyl (C=O) groups is 1. The van der Waals surface area contributed by atoms with Crippen LogP contribution in [0.25, 0.3) is 0 Å². The van der Waals surface area contributed by atoms with Crippen molar-refractivity contribution >= 4 is 15.7 Å². The fraction of sp³-hybridized carbons (Fsp3) is 0.750. The molecule has 1 aromatic heterocycles. The third kappa shape index (κ3) is 4.16. The van der Waals surface area contributed by atoms with Crippen LogP contribution >= 0.6 is 0 Å². The van der Waals surface area contributed by atoms with Crippen LogP contribution in [0.1, 0.15) is 37.6 Å². The average Bonchev–Trinajstić information content (AvgIpc) is 2.83. The van der Waals surface area contributed by atoms with Gasteiger partial charge in [0.1, 0.15) is 9.84 Å². The Balaban J connectivity index is 1.56. The van der Waals surface area contributed by atoms with Crippen LogP contribution in [0.5, 0.6) is 0 Å². The van der Waals surface area contributed by atoms with Crippen molar-refractivity contribution in [3.63, 3.8) is 0 Å². The zero-order valence-corrected chi connectivity index (χ0v) is 15.2. The van der Waals surface area contributed by atoms with Crippen LogP contribution in [0.3, 0.4) is 0 Å². The second kappa shape index (κ2) is 6.84. The molecule has 1 saturated carbocycles. The summed E-state index contributed by atoms with van der Waals surface area (Å²) in [5, 5.41) is 7.76. The van der Waals surface area contributed by atoms with Crippen molar-refractivity contribution < 1.29 is 13.2 Å². The summed E-state index contributed by atoms with van der Waals surface area (Å²) in [6, 6.07) is 1.90. The van der Waals surface area contributed by atoms with Gasteiger partial charge in [-0.3, -0.25) is 9.48 Å². The molecule has 1 N–H and O–H groups in total. The van der Waals surface area contributed by atoms with Crippen LogP contribution < -0.4 is 5.32 Å². The Morgan fingerprint density at radius 2 is 2.17 bits per heavy atom. The molecule has 1 unspecified atom stereocenters. The summed E-state index contributed by atoms with van der Waals surface area (Å²) in [5.41, 5.74) is 1.95. The van der Waals surface area contributed by atoms with E-state index in [1.807, 2.05) is 22.6 Å². The summed E-state index contributed by atoms with van der Waals surface area (Å²) in [5.74, 6) is 0.636. The minimum absolute atomic E-state index is 0.115. The molecule has 0 spiro atoms. The van der Waals surface area contributed by atoms with Crippen LogP contribution in [-0.2, 0) is 34.3 Å². The van der Waals surface area contributed by atoms with Gasteiger partial charge in [-0.25, -0.2) is 8.42 Å². The number of amides is 1. The van der Waals surface area contributed by atoms with Gasteiger partial charge in [0.2, 0.25) is 5.91 Å². The summed E-state index contributed by atoms with van der Waals surface area (Å²) >= 11 is 0. The van der Waals surface area contributed by atoms with Crippen LogP contribution in [0.4, 0.5) is 0 Å². The monoisotopic (exact) mass is 354 g/mol. The van der Waals surface area contributed by atoms with E-state index in [-0.39, 0.29) is 23.6 Å². The van der Waals surface area contributed by atoms with Gasteiger partial charge < -0.3 is 10.2 Å². The van der Waals surface area contributed by atoms with Gasteiger partial charge in [0.05, 0.1) is 30.2 Å². The molecule has 1 aliphatic carbocycles. The molecular formula is C16H26N4O3S. The Hall–Kier alpha value is -1.41. The SMILES string of the molecule is CC(CS(C)(=O)=O)NCc1cc2n(n1)CCN(C(=O)C1CCC1)C2. The summed E-state index contributed by atoms with van der Waals surface area (Å²) in [6.07, 6.45) is 4.47. The van der Waals surface area contributed by atoms with E-state index < -0.39 is 9.84 Å². The Bertz CT molecular complexity index is 709. The lowest BCUT2D eigenvalue weighted by molar-refractivity contribution is -0.139. The lowest BCUT2D eigenvalue weighted by Gasteiger charge is -2.34. The number of hydrogen-bond donors (Lipinski definition) is 1. The van der Waals surface area contributed by atoms with E-state index in [9.17, 15) is 13.2 Å². The van der Waals surface area contributed by atoms with Gasteiger partial charge in [-0.2, -0.15) is 5.10 Å². The number of nitrogens with zero attached hydrogens (tertiary/aromatic N) is 3. The largest absolute Gasteiger partial charge is 0.335 e. The van der Waals surface area contributed by atoms with Crippen LogP contribution in [0, 0.1) is 5.92 Å². The van der Waals surface area contributed by atoms with E-state index >= 15 is 0 Å². The smallest absolute Gasteiger partial charge is 0.226 e. The fourth-order valence-corrected chi connectivity index (χ4v) is 4.33. The fourth-order valence-electron chi connectivity index (χ4n) is 3.31. The summed E-state index contributed by atoms with van der Waals surface area (Å²) < 4.78 is 24.6. The molecule has 1 atom stereocenters. The third-order valence-corrected chi connectivity index (χ3v) is 5.90. The molecule has 1 aromatic rings. The molecular weight excluding hydrogens is 328 g/mol. The van der Waals surface area contributed by atoms with Crippen molar-refractivity contribution in [2.45, 2.75) is 51.9 Å². The minimum Gasteiger partial charge on any atom is -0.335 e. The second-order valence-electron chi connectivity index (χ2n) is 7.11. The second-order valence-corrected chi connectivity index (χ2v) is 9.30. The maximum absolute atomic E-state index is 12.4. The van der Waals surface area contributed by atoms with Gasteiger partial charge in [-0.15, -0.1) is 0 Å². The van der Waals surface area contributed by atoms with Gasteiger partial charge in [0.25, 0.3) is 0 Å². The standard InChI is InChI=1S/C16H26N4O3S/c1-12(11-24(2,22)23)17-9-14-8-15-10-19(6-7-20(15)18-14)16(21)13-4-3-5-13/h8,12-13,17H,3-7,9-11H2,1-2H3. The highest BCUT2D eigenvalue weighted by atomic mass is 32.2. The highest BCUT2D eigenvalue weighted by Crippen LogP contribution is 2.29. The van der Waals surface area contributed by atoms with Gasteiger partial charge in [0, 0.05) is 31.3 Å². The minimum atomic E-state index is -2.98.